The molecule has 84 valence electrons. The maximum atomic E-state index is 12.4. The Morgan fingerprint density at radius 3 is 2.25 bits per heavy atom. The molecule has 0 unspecified atom stereocenters. The fraction of sp³-hybridized carbons (Fsp3) is 0.333. The molecule has 0 saturated carbocycles. The number of benzene rings is 1. The second-order valence-electron chi connectivity index (χ2n) is 4.32. The van der Waals surface area contributed by atoms with Gasteiger partial charge in [0, 0.05) is 18.5 Å². The molecule has 1 aromatic rings. The fourth-order valence-electron chi connectivity index (χ4n) is 2.36. The molecule has 1 atom stereocenters. The molecule has 16 heavy (non-hydrogen) atoms. The number of halogens is 3. The van der Waals surface area contributed by atoms with E-state index >= 15 is 0 Å². The Bertz CT molecular complexity index is 458. The van der Waals surface area contributed by atoms with E-state index in [0.717, 1.165) is 30.8 Å². The zero-order valence-corrected chi connectivity index (χ0v) is 8.43. The maximum absolute atomic E-state index is 12.4. The van der Waals surface area contributed by atoms with Gasteiger partial charge in [-0.1, -0.05) is 18.2 Å². The summed E-state index contributed by atoms with van der Waals surface area (Å²) >= 11 is 0. The first-order valence-corrected chi connectivity index (χ1v) is 5.13. The molecule has 2 aliphatic rings. The number of hydrogen-bond acceptors (Lipinski definition) is 1. The zero-order valence-electron chi connectivity index (χ0n) is 8.43. The van der Waals surface area contributed by atoms with Gasteiger partial charge in [0.05, 0.1) is 5.56 Å². The summed E-state index contributed by atoms with van der Waals surface area (Å²) in [4.78, 5) is 0. The number of nitrogens with one attached hydrogen (secondary N) is 1. The van der Waals surface area contributed by atoms with Crippen molar-refractivity contribution in [3.05, 3.63) is 47.0 Å². The normalized spacial score (nSPS) is 27.6. The van der Waals surface area contributed by atoms with Crippen molar-refractivity contribution in [3.8, 4) is 0 Å². The van der Waals surface area contributed by atoms with Crippen LogP contribution in [0, 0.1) is 0 Å². The van der Waals surface area contributed by atoms with Gasteiger partial charge in [-0.25, -0.2) is 0 Å². The van der Waals surface area contributed by atoms with Crippen LogP contribution in [0.25, 0.3) is 0 Å². The summed E-state index contributed by atoms with van der Waals surface area (Å²) in [5.41, 5.74) is 1.61. The molecule has 1 aliphatic heterocycles. The van der Waals surface area contributed by atoms with E-state index < -0.39 is 11.7 Å². The van der Waals surface area contributed by atoms with Gasteiger partial charge in [0.2, 0.25) is 0 Å². The van der Waals surface area contributed by atoms with Crippen molar-refractivity contribution in [3.63, 3.8) is 0 Å². The molecule has 1 aromatic carbocycles. The molecular formula is C12H10F3N. The molecule has 0 aromatic heterocycles. The molecule has 1 saturated heterocycles. The lowest BCUT2D eigenvalue weighted by Gasteiger charge is -2.14. The van der Waals surface area contributed by atoms with Gasteiger partial charge in [0.1, 0.15) is 0 Å². The summed E-state index contributed by atoms with van der Waals surface area (Å²) in [7, 11) is 0. The van der Waals surface area contributed by atoms with Crippen molar-refractivity contribution >= 4 is 0 Å². The van der Waals surface area contributed by atoms with Crippen LogP contribution in [0.2, 0.25) is 0 Å². The van der Waals surface area contributed by atoms with Crippen LogP contribution < -0.4 is 5.32 Å². The van der Waals surface area contributed by atoms with E-state index in [1.54, 1.807) is 12.1 Å². The van der Waals surface area contributed by atoms with Crippen molar-refractivity contribution in [2.75, 3.05) is 13.1 Å². The predicted octanol–water partition coefficient (Wildman–Crippen LogP) is 2.49. The van der Waals surface area contributed by atoms with Crippen molar-refractivity contribution in [1.82, 2.24) is 5.32 Å². The van der Waals surface area contributed by atoms with Gasteiger partial charge in [-0.15, -0.1) is 0 Å². The van der Waals surface area contributed by atoms with Crippen LogP contribution in [0.3, 0.4) is 0 Å². The molecule has 0 radical (unpaired) electrons. The van der Waals surface area contributed by atoms with Crippen LogP contribution >= 0.6 is 0 Å². The Labute approximate surface area is 91.0 Å². The van der Waals surface area contributed by atoms with E-state index in [4.69, 9.17) is 0 Å². The molecule has 0 spiro atoms. The summed E-state index contributed by atoms with van der Waals surface area (Å²) in [5, 5.41) is 3.22. The summed E-state index contributed by atoms with van der Waals surface area (Å²) < 4.78 is 37.1. The predicted molar refractivity (Wildman–Crippen MR) is 54.1 cm³/mol. The molecule has 1 aliphatic carbocycles. The molecule has 1 N–H and O–H groups in total. The Balaban J connectivity index is 1.89. The van der Waals surface area contributed by atoms with E-state index in [1.165, 1.54) is 5.57 Å². The van der Waals surface area contributed by atoms with Gasteiger partial charge in [0.25, 0.3) is 0 Å². The summed E-state index contributed by atoms with van der Waals surface area (Å²) in [6.45, 7) is 1.68. The standard InChI is InChI=1S/C12H10F3N/c13-12(14,15)9-3-1-8(2-4-9)11-5-10(11)6-16-7-11/h1-5,16H,6-7H2/t11-/m1/s1. The Kier molecular flexibility index (Phi) is 1.79. The first-order valence-electron chi connectivity index (χ1n) is 5.13. The van der Waals surface area contributed by atoms with Gasteiger partial charge in [-0.3, -0.25) is 0 Å². The third-order valence-electron chi connectivity index (χ3n) is 3.36. The molecular weight excluding hydrogens is 215 g/mol. The Morgan fingerprint density at radius 2 is 1.81 bits per heavy atom. The lowest BCUT2D eigenvalue weighted by molar-refractivity contribution is -0.137. The average Bonchev–Trinajstić information content (AvgIpc) is 2.81. The monoisotopic (exact) mass is 225 g/mol. The van der Waals surface area contributed by atoms with E-state index in [1.807, 2.05) is 0 Å². The maximum Gasteiger partial charge on any atom is 0.416 e. The molecule has 1 fully saturated rings. The summed E-state index contributed by atoms with van der Waals surface area (Å²) in [5.74, 6) is 0. The number of rotatable bonds is 1. The second kappa shape index (κ2) is 2.88. The van der Waals surface area contributed by atoms with Crippen LogP contribution in [0.1, 0.15) is 11.1 Å². The van der Waals surface area contributed by atoms with Gasteiger partial charge >= 0.3 is 6.18 Å². The van der Waals surface area contributed by atoms with Crippen molar-refractivity contribution in [2.45, 2.75) is 11.6 Å². The highest BCUT2D eigenvalue weighted by molar-refractivity contribution is 5.58. The molecule has 1 nitrogen and oxygen atoms in total. The average molecular weight is 225 g/mol. The fourth-order valence-corrected chi connectivity index (χ4v) is 2.36. The minimum Gasteiger partial charge on any atom is -0.311 e. The topological polar surface area (TPSA) is 12.0 Å². The third kappa shape index (κ3) is 1.29. The molecule has 0 bridgehead atoms. The lowest BCUT2D eigenvalue weighted by Crippen LogP contribution is -2.19. The third-order valence-corrected chi connectivity index (χ3v) is 3.36. The van der Waals surface area contributed by atoms with Crippen LogP contribution in [0.15, 0.2) is 35.9 Å². The van der Waals surface area contributed by atoms with E-state index in [9.17, 15) is 13.2 Å². The van der Waals surface area contributed by atoms with Gasteiger partial charge in [-0.05, 0) is 23.3 Å². The molecule has 3 rings (SSSR count). The van der Waals surface area contributed by atoms with Crippen molar-refractivity contribution < 1.29 is 13.2 Å². The Morgan fingerprint density at radius 1 is 1.12 bits per heavy atom. The number of hydrogen-bond donors (Lipinski definition) is 1. The van der Waals surface area contributed by atoms with Crippen LogP contribution in [-0.4, -0.2) is 13.1 Å². The highest BCUT2D eigenvalue weighted by atomic mass is 19.4. The molecule has 4 heteroatoms. The summed E-state index contributed by atoms with van der Waals surface area (Å²) in [6.07, 6.45) is -2.12. The highest BCUT2D eigenvalue weighted by Gasteiger charge is 2.48. The lowest BCUT2D eigenvalue weighted by atomic mass is 9.91. The Hall–Kier alpha value is -1.29. The number of fused-ring (bicyclic) bond motifs is 1. The molecule has 1 heterocycles. The summed E-state index contributed by atoms with van der Waals surface area (Å²) in [6, 6.07) is 5.48. The van der Waals surface area contributed by atoms with Gasteiger partial charge < -0.3 is 5.32 Å². The van der Waals surface area contributed by atoms with Crippen LogP contribution in [0.4, 0.5) is 13.2 Å². The number of alkyl halides is 3. The minimum absolute atomic E-state index is 0.0653. The first kappa shape index (κ1) is 9.90. The zero-order chi connectivity index (χ0) is 11.4. The quantitative estimate of drug-likeness (QED) is 0.724. The SMILES string of the molecule is FC(F)(F)c1ccc([C@]23C=C2CNC3)cc1. The smallest absolute Gasteiger partial charge is 0.311 e. The molecule has 0 amide bonds. The first-order chi connectivity index (χ1) is 7.52. The van der Waals surface area contributed by atoms with E-state index in [0.29, 0.717) is 0 Å². The van der Waals surface area contributed by atoms with Gasteiger partial charge in [-0.2, -0.15) is 13.2 Å². The van der Waals surface area contributed by atoms with Gasteiger partial charge in [0.15, 0.2) is 0 Å². The second-order valence-corrected chi connectivity index (χ2v) is 4.32. The van der Waals surface area contributed by atoms with E-state index in [-0.39, 0.29) is 5.41 Å². The van der Waals surface area contributed by atoms with Crippen molar-refractivity contribution in [1.29, 1.82) is 0 Å². The minimum atomic E-state index is -4.25. The van der Waals surface area contributed by atoms with Crippen LogP contribution in [0.5, 0.6) is 0 Å². The van der Waals surface area contributed by atoms with Crippen molar-refractivity contribution in [2.24, 2.45) is 0 Å². The van der Waals surface area contributed by atoms with Crippen LogP contribution in [-0.2, 0) is 11.6 Å². The van der Waals surface area contributed by atoms with E-state index in [2.05, 4.69) is 11.4 Å². The largest absolute Gasteiger partial charge is 0.416 e. The highest BCUT2D eigenvalue weighted by Crippen LogP contribution is 2.49.